The van der Waals surface area contributed by atoms with Crippen molar-refractivity contribution in [2.24, 2.45) is 5.10 Å². The standard InChI is InChI=1S/C15H22N2O2S/c1-12(2)16-17(15-8-9-20(18,19)11-15)10-14-6-4-13(3)5-7-14/h4-7,15H,8-11H2,1-3H3/t15-/m0/s1. The summed E-state index contributed by atoms with van der Waals surface area (Å²) < 4.78 is 23.3. The molecule has 1 aliphatic rings. The van der Waals surface area contributed by atoms with Gasteiger partial charge in [-0.25, -0.2) is 8.42 Å². The van der Waals surface area contributed by atoms with Crippen LogP contribution in [0.2, 0.25) is 0 Å². The predicted molar refractivity (Wildman–Crippen MR) is 82.6 cm³/mol. The van der Waals surface area contributed by atoms with Crippen LogP contribution in [0.15, 0.2) is 29.4 Å². The van der Waals surface area contributed by atoms with Crippen molar-refractivity contribution in [3.8, 4) is 0 Å². The summed E-state index contributed by atoms with van der Waals surface area (Å²) in [6, 6.07) is 8.29. The Hall–Kier alpha value is -1.36. The second-order valence-corrected chi connectivity index (χ2v) is 7.92. The summed E-state index contributed by atoms with van der Waals surface area (Å²) in [6.07, 6.45) is 0.672. The van der Waals surface area contributed by atoms with E-state index in [9.17, 15) is 8.42 Å². The van der Waals surface area contributed by atoms with Crippen LogP contribution in [0.3, 0.4) is 0 Å². The van der Waals surface area contributed by atoms with Crippen LogP contribution in [0.5, 0.6) is 0 Å². The average molecular weight is 294 g/mol. The minimum atomic E-state index is -2.89. The number of hydrogen-bond acceptors (Lipinski definition) is 4. The van der Waals surface area contributed by atoms with Crippen LogP contribution in [0.1, 0.15) is 31.4 Å². The fraction of sp³-hybridized carbons (Fsp3) is 0.533. The maximum atomic E-state index is 11.7. The van der Waals surface area contributed by atoms with Crippen LogP contribution in [0.25, 0.3) is 0 Å². The van der Waals surface area contributed by atoms with E-state index in [1.54, 1.807) is 0 Å². The molecule has 5 heteroatoms. The van der Waals surface area contributed by atoms with Crippen molar-refractivity contribution in [2.75, 3.05) is 11.5 Å². The fourth-order valence-electron chi connectivity index (χ4n) is 2.39. The number of nitrogens with zero attached hydrogens (tertiary/aromatic N) is 2. The maximum Gasteiger partial charge on any atom is 0.152 e. The summed E-state index contributed by atoms with van der Waals surface area (Å²) >= 11 is 0. The van der Waals surface area contributed by atoms with Gasteiger partial charge in [-0.3, -0.25) is 5.01 Å². The molecule has 110 valence electrons. The molecule has 0 aliphatic carbocycles. The van der Waals surface area contributed by atoms with Gasteiger partial charge < -0.3 is 0 Å². The quantitative estimate of drug-likeness (QED) is 0.633. The minimum Gasteiger partial charge on any atom is -0.289 e. The zero-order chi connectivity index (χ0) is 14.8. The Balaban J connectivity index is 2.16. The van der Waals surface area contributed by atoms with Gasteiger partial charge in [0.1, 0.15) is 0 Å². The van der Waals surface area contributed by atoms with Gasteiger partial charge in [-0.2, -0.15) is 5.10 Å². The highest BCUT2D eigenvalue weighted by Crippen LogP contribution is 2.20. The molecule has 1 heterocycles. The molecule has 1 fully saturated rings. The highest BCUT2D eigenvalue weighted by atomic mass is 32.2. The highest BCUT2D eigenvalue weighted by Gasteiger charge is 2.32. The number of hydrazone groups is 1. The SMILES string of the molecule is CC(C)=NN(Cc1ccc(C)cc1)[C@H]1CCS(=O)(=O)C1. The van der Waals surface area contributed by atoms with Gasteiger partial charge in [0.15, 0.2) is 9.84 Å². The molecule has 1 aromatic carbocycles. The molecule has 1 aromatic rings. The molecule has 0 spiro atoms. The molecule has 0 N–H and O–H groups in total. The van der Waals surface area contributed by atoms with Gasteiger partial charge in [0.2, 0.25) is 0 Å². The van der Waals surface area contributed by atoms with Gasteiger partial charge in [0.05, 0.1) is 24.1 Å². The zero-order valence-electron chi connectivity index (χ0n) is 12.3. The number of sulfone groups is 1. The number of aryl methyl sites for hydroxylation is 1. The van der Waals surface area contributed by atoms with Crippen LogP contribution < -0.4 is 0 Å². The largest absolute Gasteiger partial charge is 0.289 e. The summed E-state index contributed by atoms with van der Waals surface area (Å²) in [7, 11) is -2.89. The van der Waals surface area contributed by atoms with Crippen molar-refractivity contribution in [3.05, 3.63) is 35.4 Å². The first-order chi connectivity index (χ1) is 9.35. The van der Waals surface area contributed by atoms with Crippen molar-refractivity contribution in [3.63, 3.8) is 0 Å². The second-order valence-electron chi connectivity index (χ2n) is 5.69. The summed E-state index contributed by atoms with van der Waals surface area (Å²) in [5.74, 6) is 0.496. The average Bonchev–Trinajstić information content (AvgIpc) is 2.71. The third kappa shape index (κ3) is 4.07. The Morgan fingerprint density at radius 1 is 1.30 bits per heavy atom. The molecule has 0 aromatic heterocycles. The van der Waals surface area contributed by atoms with Gasteiger partial charge in [-0.15, -0.1) is 0 Å². The molecule has 0 amide bonds. The molecule has 1 saturated heterocycles. The lowest BCUT2D eigenvalue weighted by molar-refractivity contribution is 0.213. The molecule has 4 nitrogen and oxygen atoms in total. The smallest absolute Gasteiger partial charge is 0.152 e. The number of rotatable bonds is 4. The first kappa shape index (κ1) is 15.0. The molecule has 1 aliphatic heterocycles. The summed E-state index contributed by atoms with van der Waals surface area (Å²) in [5, 5.41) is 6.46. The van der Waals surface area contributed by atoms with Crippen molar-refractivity contribution in [2.45, 2.75) is 39.8 Å². The van der Waals surface area contributed by atoms with E-state index in [-0.39, 0.29) is 17.5 Å². The van der Waals surface area contributed by atoms with E-state index in [0.717, 1.165) is 11.3 Å². The maximum absolute atomic E-state index is 11.7. The van der Waals surface area contributed by atoms with Crippen LogP contribution in [-0.2, 0) is 16.4 Å². The van der Waals surface area contributed by atoms with E-state index in [1.165, 1.54) is 5.56 Å². The topological polar surface area (TPSA) is 49.7 Å². The van der Waals surface area contributed by atoms with E-state index in [1.807, 2.05) is 18.9 Å². The second kappa shape index (κ2) is 5.95. The predicted octanol–water partition coefficient (Wildman–Crippen LogP) is 2.38. The summed E-state index contributed by atoms with van der Waals surface area (Å²) in [4.78, 5) is 0. The lowest BCUT2D eigenvalue weighted by Crippen LogP contribution is -2.32. The molecule has 0 unspecified atom stereocenters. The molecule has 0 saturated carbocycles. The Morgan fingerprint density at radius 2 is 1.95 bits per heavy atom. The first-order valence-corrected chi connectivity index (χ1v) is 8.72. The van der Waals surface area contributed by atoms with Crippen LogP contribution in [0, 0.1) is 6.92 Å². The normalized spacial score (nSPS) is 20.6. The molecule has 2 rings (SSSR count). The van der Waals surface area contributed by atoms with Crippen LogP contribution in [0.4, 0.5) is 0 Å². The minimum absolute atomic E-state index is 0.00352. The van der Waals surface area contributed by atoms with Crippen molar-refractivity contribution in [1.82, 2.24) is 5.01 Å². The van der Waals surface area contributed by atoms with Gasteiger partial charge in [-0.05, 0) is 32.8 Å². The van der Waals surface area contributed by atoms with Crippen molar-refractivity contribution in [1.29, 1.82) is 0 Å². The molecule has 0 bridgehead atoms. The van der Waals surface area contributed by atoms with E-state index in [2.05, 4.69) is 36.3 Å². The van der Waals surface area contributed by atoms with E-state index in [0.29, 0.717) is 13.0 Å². The number of hydrogen-bond donors (Lipinski definition) is 0. The zero-order valence-corrected chi connectivity index (χ0v) is 13.2. The monoisotopic (exact) mass is 294 g/mol. The molecular weight excluding hydrogens is 272 g/mol. The van der Waals surface area contributed by atoms with Crippen molar-refractivity contribution >= 4 is 15.5 Å². The van der Waals surface area contributed by atoms with Gasteiger partial charge >= 0.3 is 0 Å². The molecule has 0 radical (unpaired) electrons. The third-order valence-electron chi connectivity index (χ3n) is 3.42. The Bertz CT molecular complexity index is 587. The molecule has 1 atom stereocenters. The van der Waals surface area contributed by atoms with Gasteiger partial charge in [0.25, 0.3) is 0 Å². The van der Waals surface area contributed by atoms with Crippen LogP contribution >= 0.6 is 0 Å². The molecule has 20 heavy (non-hydrogen) atoms. The lowest BCUT2D eigenvalue weighted by atomic mass is 10.1. The van der Waals surface area contributed by atoms with Gasteiger partial charge in [-0.1, -0.05) is 29.8 Å². The fourth-order valence-corrected chi connectivity index (χ4v) is 4.12. The van der Waals surface area contributed by atoms with E-state index < -0.39 is 9.84 Å². The Morgan fingerprint density at radius 3 is 2.45 bits per heavy atom. The summed E-state index contributed by atoms with van der Waals surface area (Å²) in [5.41, 5.74) is 3.32. The van der Waals surface area contributed by atoms with Crippen LogP contribution in [-0.4, -0.2) is 36.7 Å². The van der Waals surface area contributed by atoms with E-state index >= 15 is 0 Å². The van der Waals surface area contributed by atoms with Gasteiger partial charge in [0, 0.05) is 5.71 Å². The van der Waals surface area contributed by atoms with Crippen molar-refractivity contribution < 1.29 is 8.42 Å². The molecular formula is C15H22N2O2S. The number of benzene rings is 1. The Labute approximate surface area is 121 Å². The third-order valence-corrected chi connectivity index (χ3v) is 5.17. The Kier molecular flexibility index (Phi) is 4.48. The first-order valence-electron chi connectivity index (χ1n) is 6.90. The summed E-state index contributed by atoms with van der Waals surface area (Å²) in [6.45, 7) is 6.59. The lowest BCUT2D eigenvalue weighted by Gasteiger charge is -2.26. The highest BCUT2D eigenvalue weighted by molar-refractivity contribution is 7.91. The van der Waals surface area contributed by atoms with E-state index in [4.69, 9.17) is 0 Å².